The molecule has 1 unspecified atom stereocenters. The molecule has 0 aliphatic carbocycles. The molecule has 0 bridgehead atoms. The Morgan fingerprint density at radius 1 is 1.33 bits per heavy atom. The van der Waals surface area contributed by atoms with Crippen LogP contribution in [0, 0.1) is 6.92 Å². The normalized spacial score (nSPS) is 12.0. The van der Waals surface area contributed by atoms with Gasteiger partial charge in [-0.3, -0.25) is 9.48 Å². The topological polar surface area (TPSA) is 74.0 Å². The average molecular weight is 388 g/mol. The Morgan fingerprint density at radius 3 is 2.93 bits per heavy atom. The van der Waals surface area contributed by atoms with E-state index in [9.17, 15) is 4.79 Å². The number of nitrogens with zero attached hydrogens (tertiary/aromatic N) is 4. The van der Waals surface area contributed by atoms with Crippen LogP contribution in [-0.2, 0) is 13.3 Å². The molecule has 1 atom stereocenters. The molecule has 7 nitrogen and oxygen atoms in total. The van der Waals surface area contributed by atoms with Gasteiger partial charge in [0.05, 0.1) is 16.8 Å². The summed E-state index contributed by atoms with van der Waals surface area (Å²) < 4.78 is 9.09. The summed E-state index contributed by atoms with van der Waals surface area (Å²) in [6, 6.07) is 8.94. The fraction of sp³-hybridized carbons (Fsp3) is 0.316. The highest BCUT2D eigenvalue weighted by molar-refractivity contribution is 6.32. The molecule has 1 N–H and O–H groups in total. The maximum atomic E-state index is 12.5. The molecule has 0 radical (unpaired) electrons. The standard InChI is InChI=1S/C19H22ClN5O2/c1-4-25-17(7-9-21-25)14(3)22-19(26)16-8-10-24(23-16)12-27-18-11-13(2)5-6-15(18)20/h5-11,14H,4,12H2,1-3H3,(H,22,26). The summed E-state index contributed by atoms with van der Waals surface area (Å²) in [5.41, 5.74) is 2.32. The first-order valence-corrected chi connectivity index (χ1v) is 9.10. The molecule has 0 aliphatic rings. The maximum absolute atomic E-state index is 12.5. The van der Waals surface area contributed by atoms with Crippen molar-refractivity contribution in [1.82, 2.24) is 24.9 Å². The van der Waals surface area contributed by atoms with E-state index in [1.165, 1.54) is 0 Å². The summed E-state index contributed by atoms with van der Waals surface area (Å²) in [5.74, 6) is 0.332. The number of benzene rings is 1. The first-order chi connectivity index (χ1) is 13.0. The van der Waals surface area contributed by atoms with Gasteiger partial charge in [-0.2, -0.15) is 10.2 Å². The quantitative estimate of drug-likeness (QED) is 0.672. The second-order valence-electron chi connectivity index (χ2n) is 6.21. The Balaban J connectivity index is 1.61. The minimum absolute atomic E-state index is 0.161. The minimum Gasteiger partial charge on any atom is -0.470 e. The predicted octanol–water partition coefficient (Wildman–Crippen LogP) is 3.59. The Morgan fingerprint density at radius 2 is 2.15 bits per heavy atom. The van der Waals surface area contributed by atoms with Crippen molar-refractivity contribution < 1.29 is 9.53 Å². The van der Waals surface area contributed by atoms with E-state index in [-0.39, 0.29) is 18.7 Å². The predicted molar refractivity (Wildman–Crippen MR) is 103 cm³/mol. The average Bonchev–Trinajstić information content (AvgIpc) is 3.31. The fourth-order valence-electron chi connectivity index (χ4n) is 2.73. The Bertz CT molecular complexity index is 934. The van der Waals surface area contributed by atoms with Crippen molar-refractivity contribution in [2.45, 2.75) is 40.1 Å². The zero-order chi connectivity index (χ0) is 19.4. The summed E-state index contributed by atoms with van der Waals surface area (Å²) in [7, 11) is 0. The van der Waals surface area contributed by atoms with Crippen LogP contribution in [0.25, 0.3) is 0 Å². The van der Waals surface area contributed by atoms with Gasteiger partial charge in [-0.15, -0.1) is 0 Å². The van der Waals surface area contributed by atoms with Gasteiger partial charge in [0.25, 0.3) is 5.91 Å². The Labute approximate surface area is 162 Å². The molecule has 0 saturated heterocycles. The zero-order valence-electron chi connectivity index (χ0n) is 15.5. The van der Waals surface area contributed by atoms with Gasteiger partial charge in [0.1, 0.15) is 11.4 Å². The van der Waals surface area contributed by atoms with Crippen LogP contribution < -0.4 is 10.1 Å². The summed E-state index contributed by atoms with van der Waals surface area (Å²) in [5, 5.41) is 12.0. The minimum atomic E-state index is -0.251. The number of aromatic nitrogens is 4. The molecule has 1 amide bonds. The van der Waals surface area contributed by atoms with Crippen LogP contribution >= 0.6 is 11.6 Å². The van der Waals surface area contributed by atoms with Crippen molar-refractivity contribution in [3.8, 4) is 5.75 Å². The van der Waals surface area contributed by atoms with Gasteiger partial charge in [-0.1, -0.05) is 17.7 Å². The second-order valence-corrected chi connectivity index (χ2v) is 6.62. The summed E-state index contributed by atoms with van der Waals surface area (Å²) in [6.45, 7) is 6.80. The highest BCUT2D eigenvalue weighted by atomic mass is 35.5. The van der Waals surface area contributed by atoms with Crippen molar-refractivity contribution in [3.63, 3.8) is 0 Å². The summed E-state index contributed by atoms with van der Waals surface area (Å²) in [4.78, 5) is 12.5. The molecule has 27 heavy (non-hydrogen) atoms. The lowest BCUT2D eigenvalue weighted by Crippen LogP contribution is -2.28. The van der Waals surface area contributed by atoms with Crippen molar-refractivity contribution in [1.29, 1.82) is 0 Å². The lowest BCUT2D eigenvalue weighted by molar-refractivity contribution is 0.0931. The van der Waals surface area contributed by atoms with Crippen molar-refractivity contribution in [2.24, 2.45) is 0 Å². The van der Waals surface area contributed by atoms with E-state index in [4.69, 9.17) is 16.3 Å². The number of carbonyl (C=O) groups is 1. The van der Waals surface area contributed by atoms with Gasteiger partial charge in [0.15, 0.2) is 6.73 Å². The van der Waals surface area contributed by atoms with E-state index in [0.717, 1.165) is 17.8 Å². The smallest absolute Gasteiger partial charge is 0.272 e. The van der Waals surface area contributed by atoms with Crippen LogP contribution in [0.4, 0.5) is 0 Å². The van der Waals surface area contributed by atoms with Gasteiger partial charge in [-0.05, 0) is 50.6 Å². The van der Waals surface area contributed by atoms with Crippen LogP contribution in [0.5, 0.6) is 5.75 Å². The molecule has 8 heteroatoms. The van der Waals surface area contributed by atoms with E-state index in [1.54, 1.807) is 29.2 Å². The Kier molecular flexibility index (Phi) is 5.81. The first kappa shape index (κ1) is 19.0. The lowest BCUT2D eigenvalue weighted by atomic mass is 10.2. The zero-order valence-corrected chi connectivity index (χ0v) is 16.3. The largest absolute Gasteiger partial charge is 0.470 e. The maximum Gasteiger partial charge on any atom is 0.272 e. The number of hydrogen-bond acceptors (Lipinski definition) is 4. The summed E-state index contributed by atoms with van der Waals surface area (Å²) in [6.07, 6.45) is 3.42. The molecule has 2 heterocycles. The van der Waals surface area contributed by atoms with Crippen LogP contribution in [-0.4, -0.2) is 25.5 Å². The number of amides is 1. The third kappa shape index (κ3) is 4.49. The number of nitrogens with one attached hydrogen (secondary N) is 1. The number of halogens is 1. The lowest BCUT2D eigenvalue weighted by Gasteiger charge is -2.14. The molecule has 3 aromatic rings. The van der Waals surface area contributed by atoms with Crippen LogP contribution in [0.1, 0.15) is 41.6 Å². The highest BCUT2D eigenvalue weighted by Crippen LogP contribution is 2.25. The molecule has 1 aromatic carbocycles. The van der Waals surface area contributed by atoms with Gasteiger partial charge in [0.2, 0.25) is 0 Å². The molecule has 0 saturated carbocycles. The first-order valence-electron chi connectivity index (χ1n) is 8.73. The summed E-state index contributed by atoms with van der Waals surface area (Å²) >= 11 is 6.12. The highest BCUT2D eigenvalue weighted by Gasteiger charge is 2.16. The Hall–Kier alpha value is -2.80. The van der Waals surface area contributed by atoms with Gasteiger partial charge in [-0.25, -0.2) is 4.68 Å². The molecule has 3 rings (SSSR count). The molecular weight excluding hydrogens is 366 g/mol. The molecule has 0 spiro atoms. The van der Waals surface area contributed by atoms with E-state index < -0.39 is 0 Å². The van der Waals surface area contributed by atoms with E-state index in [0.29, 0.717) is 16.5 Å². The van der Waals surface area contributed by atoms with Crippen molar-refractivity contribution in [3.05, 3.63) is 64.7 Å². The van der Waals surface area contributed by atoms with Gasteiger partial charge < -0.3 is 10.1 Å². The van der Waals surface area contributed by atoms with E-state index in [2.05, 4.69) is 15.5 Å². The van der Waals surface area contributed by atoms with Crippen molar-refractivity contribution >= 4 is 17.5 Å². The monoisotopic (exact) mass is 387 g/mol. The third-order valence-corrected chi connectivity index (χ3v) is 4.46. The number of rotatable bonds is 7. The van der Waals surface area contributed by atoms with Crippen LogP contribution in [0.15, 0.2) is 42.7 Å². The van der Waals surface area contributed by atoms with Gasteiger partial charge >= 0.3 is 0 Å². The van der Waals surface area contributed by atoms with E-state index in [1.807, 2.05) is 43.7 Å². The molecule has 142 valence electrons. The molecule has 2 aromatic heterocycles. The van der Waals surface area contributed by atoms with Gasteiger partial charge in [0, 0.05) is 18.9 Å². The van der Waals surface area contributed by atoms with Crippen molar-refractivity contribution in [2.75, 3.05) is 0 Å². The van der Waals surface area contributed by atoms with Crippen LogP contribution in [0.3, 0.4) is 0 Å². The number of aryl methyl sites for hydroxylation is 2. The molecular formula is C19H22ClN5O2. The van der Waals surface area contributed by atoms with Crippen LogP contribution in [0.2, 0.25) is 5.02 Å². The molecule has 0 fully saturated rings. The number of hydrogen-bond donors (Lipinski definition) is 1. The van der Waals surface area contributed by atoms with E-state index >= 15 is 0 Å². The SMILES string of the molecule is CCn1nccc1C(C)NC(=O)c1ccn(COc2cc(C)ccc2Cl)n1. The number of carbonyl (C=O) groups excluding carboxylic acids is 1. The fourth-order valence-corrected chi connectivity index (χ4v) is 2.90. The third-order valence-electron chi connectivity index (χ3n) is 4.15. The second kappa shape index (κ2) is 8.26. The molecule has 0 aliphatic heterocycles. The number of ether oxygens (including phenoxy) is 1.